The van der Waals surface area contributed by atoms with E-state index in [4.69, 9.17) is 4.74 Å². The predicted molar refractivity (Wildman–Crippen MR) is 86.1 cm³/mol. The Kier molecular flexibility index (Phi) is 5.85. The largest absolute Gasteiger partial charge is 0.378 e. The Balaban J connectivity index is 1.36. The summed E-state index contributed by atoms with van der Waals surface area (Å²) in [5.41, 5.74) is 0. The Morgan fingerprint density at radius 1 is 0.652 bits per heavy atom. The lowest BCUT2D eigenvalue weighted by molar-refractivity contribution is -0.137. The summed E-state index contributed by atoms with van der Waals surface area (Å²) in [6.45, 7) is 9.07. The molecule has 0 aliphatic carbocycles. The Morgan fingerprint density at radius 3 is 1.57 bits per heavy atom. The fourth-order valence-corrected chi connectivity index (χ4v) is 3.47. The number of carbonyl (C=O) groups excluding carboxylic acids is 2. The zero-order valence-electron chi connectivity index (χ0n) is 13.9. The number of rotatable bonds is 4. The average molecular weight is 324 g/mol. The van der Waals surface area contributed by atoms with Gasteiger partial charge in [0.2, 0.25) is 11.8 Å². The highest BCUT2D eigenvalue weighted by Gasteiger charge is 2.25. The molecule has 0 aromatic carbocycles. The van der Waals surface area contributed by atoms with Crippen molar-refractivity contribution in [1.82, 2.24) is 19.6 Å². The number of carbonyl (C=O) groups is 2. The van der Waals surface area contributed by atoms with Gasteiger partial charge in [-0.25, -0.2) is 0 Å². The Labute approximate surface area is 138 Å². The fourth-order valence-electron chi connectivity index (χ4n) is 3.47. The van der Waals surface area contributed by atoms with Gasteiger partial charge in [-0.2, -0.15) is 0 Å². The standard InChI is InChI=1S/C16H28N4O3/c21-15(19-3-1-2-4-19)13-17-5-7-18(8-6-17)14-16(22)20-9-11-23-12-10-20/h1-14H2. The molecule has 0 N–H and O–H groups in total. The Hall–Kier alpha value is -1.18. The molecule has 0 bridgehead atoms. The number of hydrogen-bond donors (Lipinski definition) is 0. The van der Waals surface area contributed by atoms with E-state index in [9.17, 15) is 9.59 Å². The van der Waals surface area contributed by atoms with Gasteiger partial charge in [-0.3, -0.25) is 19.4 Å². The van der Waals surface area contributed by atoms with E-state index >= 15 is 0 Å². The molecule has 3 saturated heterocycles. The van der Waals surface area contributed by atoms with Crippen LogP contribution in [-0.2, 0) is 14.3 Å². The third kappa shape index (κ3) is 4.65. The summed E-state index contributed by atoms with van der Waals surface area (Å²) >= 11 is 0. The lowest BCUT2D eigenvalue weighted by Gasteiger charge is -2.36. The number of morpholine rings is 1. The highest BCUT2D eigenvalue weighted by Crippen LogP contribution is 2.09. The molecule has 3 aliphatic heterocycles. The quantitative estimate of drug-likeness (QED) is 0.670. The van der Waals surface area contributed by atoms with Crippen molar-refractivity contribution in [3.63, 3.8) is 0 Å². The van der Waals surface area contributed by atoms with Crippen LogP contribution in [0.5, 0.6) is 0 Å². The van der Waals surface area contributed by atoms with Gasteiger partial charge in [-0.15, -0.1) is 0 Å². The van der Waals surface area contributed by atoms with Gasteiger partial charge in [-0.05, 0) is 12.8 Å². The first-order valence-electron chi connectivity index (χ1n) is 8.80. The van der Waals surface area contributed by atoms with Gasteiger partial charge in [0.05, 0.1) is 26.3 Å². The monoisotopic (exact) mass is 324 g/mol. The molecule has 7 nitrogen and oxygen atoms in total. The van der Waals surface area contributed by atoms with E-state index < -0.39 is 0 Å². The van der Waals surface area contributed by atoms with E-state index in [1.807, 2.05) is 9.80 Å². The lowest BCUT2D eigenvalue weighted by atomic mass is 10.3. The van der Waals surface area contributed by atoms with Crippen LogP contribution in [0, 0.1) is 0 Å². The van der Waals surface area contributed by atoms with Crippen molar-refractivity contribution in [2.45, 2.75) is 12.8 Å². The lowest BCUT2D eigenvalue weighted by Crippen LogP contribution is -2.53. The second-order valence-corrected chi connectivity index (χ2v) is 6.63. The summed E-state index contributed by atoms with van der Waals surface area (Å²) in [4.78, 5) is 32.7. The van der Waals surface area contributed by atoms with Crippen LogP contribution in [0.1, 0.15) is 12.8 Å². The summed E-state index contributed by atoms with van der Waals surface area (Å²) in [6.07, 6.45) is 2.28. The van der Waals surface area contributed by atoms with Crippen molar-refractivity contribution in [3.05, 3.63) is 0 Å². The van der Waals surface area contributed by atoms with Crippen LogP contribution in [0.25, 0.3) is 0 Å². The maximum Gasteiger partial charge on any atom is 0.236 e. The second-order valence-electron chi connectivity index (χ2n) is 6.63. The molecule has 0 atom stereocenters. The van der Waals surface area contributed by atoms with Gasteiger partial charge in [-0.1, -0.05) is 0 Å². The minimum absolute atomic E-state index is 0.204. The number of ether oxygens (including phenoxy) is 1. The summed E-state index contributed by atoms with van der Waals surface area (Å²) in [6, 6.07) is 0. The van der Waals surface area contributed by atoms with Crippen molar-refractivity contribution in [2.75, 3.05) is 78.7 Å². The summed E-state index contributed by atoms with van der Waals surface area (Å²) in [5.74, 6) is 0.468. The predicted octanol–water partition coefficient (Wildman–Crippen LogP) is -0.915. The molecular formula is C16H28N4O3. The van der Waals surface area contributed by atoms with Gasteiger partial charge in [0.1, 0.15) is 0 Å². The molecule has 3 heterocycles. The van der Waals surface area contributed by atoms with Crippen molar-refractivity contribution in [2.24, 2.45) is 0 Å². The van der Waals surface area contributed by atoms with Crippen LogP contribution < -0.4 is 0 Å². The van der Waals surface area contributed by atoms with Gasteiger partial charge < -0.3 is 14.5 Å². The maximum atomic E-state index is 12.3. The van der Waals surface area contributed by atoms with Gasteiger partial charge in [0, 0.05) is 52.4 Å². The molecule has 0 aromatic rings. The molecule has 7 heteroatoms. The molecule has 130 valence electrons. The Morgan fingerprint density at radius 2 is 1.09 bits per heavy atom. The van der Waals surface area contributed by atoms with E-state index in [-0.39, 0.29) is 11.8 Å². The van der Waals surface area contributed by atoms with Crippen LogP contribution in [0.4, 0.5) is 0 Å². The van der Waals surface area contributed by atoms with E-state index in [2.05, 4.69) is 9.80 Å². The Bertz CT molecular complexity index is 412. The SMILES string of the molecule is O=C(CN1CCN(CC(=O)N2CCOCC2)CC1)N1CCCC1. The summed E-state index contributed by atoms with van der Waals surface area (Å²) in [7, 11) is 0. The van der Waals surface area contributed by atoms with Crippen molar-refractivity contribution in [1.29, 1.82) is 0 Å². The van der Waals surface area contributed by atoms with Crippen LogP contribution in [0.3, 0.4) is 0 Å². The van der Waals surface area contributed by atoms with Gasteiger partial charge in [0.15, 0.2) is 0 Å². The number of amides is 2. The first-order valence-corrected chi connectivity index (χ1v) is 8.80. The molecule has 2 amide bonds. The zero-order chi connectivity index (χ0) is 16.1. The summed E-state index contributed by atoms with van der Waals surface area (Å²) in [5, 5.41) is 0. The van der Waals surface area contributed by atoms with Gasteiger partial charge >= 0.3 is 0 Å². The van der Waals surface area contributed by atoms with E-state index in [0.29, 0.717) is 39.4 Å². The highest BCUT2D eigenvalue weighted by molar-refractivity contribution is 5.79. The molecule has 0 radical (unpaired) electrons. The third-order valence-corrected chi connectivity index (χ3v) is 5.01. The van der Waals surface area contributed by atoms with Crippen LogP contribution in [-0.4, -0.2) is 110 Å². The van der Waals surface area contributed by atoms with Crippen molar-refractivity contribution < 1.29 is 14.3 Å². The molecule has 23 heavy (non-hydrogen) atoms. The molecule has 0 unspecified atom stereocenters. The molecule has 3 rings (SSSR count). The fraction of sp³-hybridized carbons (Fsp3) is 0.875. The number of nitrogens with zero attached hydrogens (tertiary/aromatic N) is 4. The second kappa shape index (κ2) is 8.08. The molecule has 0 aromatic heterocycles. The summed E-state index contributed by atoms with van der Waals surface area (Å²) < 4.78 is 5.28. The number of hydrogen-bond acceptors (Lipinski definition) is 5. The number of piperazine rings is 1. The van der Waals surface area contributed by atoms with Gasteiger partial charge in [0.25, 0.3) is 0 Å². The molecule has 3 aliphatic rings. The van der Waals surface area contributed by atoms with E-state index in [1.165, 1.54) is 0 Å². The van der Waals surface area contributed by atoms with E-state index in [0.717, 1.165) is 52.1 Å². The average Bonchev–Trinajstić information content (AvgIpc) is 3.12. The zero-order valence-corrected chi connectivity index (χ0v) is 13.9. The maximum absolute atomic E-state index is 12.3. The van der Waals surface area contributed by atoms with Crippen molar-refractivity contribution >= 4 is 11.8 Å². The first kappa shape index (κ1) is 16.7. The van der Waals surface area contributed by atoms with Crippen molar-refractivity contribution in [3.8, 4) is 0 Å². The van der Waals surface area contributed by atoms with E-state index in [1.54, 1.807) is 0 Å². The minimum Gasteiger partial charge on any atom is -0.378 e. The molecule has 3 fully saturated rings. The molecule has 0 saturated carbocycles. The smallest absolute Gasteiger partial charge is 0.236 e. The molecular weight excluding hydrogens is 296 g/mol. The minimum atomic E-state index is 0.204. The third-order valence-electron chi connectivity index (χ3n) is 5.01. The number of likely N-dealkylation sites (tertiary alicyclic amines) is 1. The van der Waals surface area contributed by atoms with Crippen LogP contribution in [0.15, 0.2) is 0 Å². The topological polar surface area (TPSA) is 56.3 Å². The normalized spacial score (nSPS) is 24.2. The van der Waals surface area contributed by atoms with Crippen LogP contribution >= 0.6 is 0 Å². The van der Waals surface area contributed by atoms with Crippen LogP contribution in [0.2, 0.25) is 0 Å². The highest BCUT2D eigenvalue weighted by atomic mass is 16.5. The first-order chi connectivity index (χ1) is 11.2. The molecule has 0 spiro atoms.